The lowest BCUT2D eigenvalue weighted by molar-refractivity contribution is -0.137. The Morgan fingerprint density at radius 1 is 1.19 bits per heavy atom. The average Bonchev–Trinajstić information content (AvgIpc) is 3.06. The molecule has 0 spiro atoms. The van der Waals surface area contributed by atoms with Crippen LogP contribution >= 0.6 is 0 Å². The zero-order chi connectivity index (χ0) is 22.8. The van der Waals surface area contributed by atoms with Crippen molar-refractivity contribution < 1.29 is 31.1 Å². The summed E-state index contributed by atoms with van der Waals surface area (Å²) in [6, 6.07) is 8.20. The Morgan fingerprint density at radius 2 is 1.94 bits per heavy atom. The number of carbonyl (C=O) groups excluding carboxylic acids is 1. The minimum Gasteiger partial charge on any atom is -0.454 e. The largest absolute Gasteiger partial charge is 0.454 e. The molecule has 7 nitrogen and oxygen atoms in total. The third-order valence-electron chi connectivity index (χ3n) is 4.62. The molecular weight excluding hydrogens is 435 g/mol. The van der Waals surface area contributed by atoms with Gasteiger partial charge < -0.3 is 9.30 Å². The summed E-state index contributed by atoms with van der Waals surface area (Å²) in [6.45, 7) is 2.24. The Hall–Kier alpha value is -2.92. The lowest BCUT2D eigenvalue weighted by atomic mass is 10.1. The molecule has 1 heterocycles. The van der Waals surface area contributed by atoms with Gasteiger partial charge in [-0.05, 0) is 42.8 Å². The molecule has 0 aliphatic rings. The molecule has 3 aromatic rings. The first-order valence-electron chi connectivity index (χ1n) is 9.37. The normalized spacial score (nSPS) is 12.3. The third-order valence-corrected chi connectivity index (χ3v) is 5.53. The van der Waals surface area contributed by atoms with Gasteiger partial charge in [0.1, 0.15) is 12.4 Å². The predicted molar refractivity (Wildman–Crippen MR) is 107 cm³/mol. The summed E-state index contributed by atoms with van der Waals surface area (Å²) in [5, 5.41) is 5.17. The maximum atomic E-state index is 12.9. The summed E-state index contributed by atoms with van der Waals surface area (Å²) in [6.07, 6.45) is -2.92. The smallest absolute Gasteiger partial charge is 0.416 e. The second-order valence-corrected chi connectivity index (χ2v) is 8.44. The Balaban J connectivity index is 1.88. The first-order chi connectivity index (χ1) is 14.5. The number of imidazole rings is 1. The molecule has 0 bridgehead atoms. The first-order valence-corrected chi connectivity index (χ1v) is 10.9. The molecule has 0 fully saturated rings. The summed E-state index contributed by atoms with van der Waals surface area (Å²) in [5.74, 6) is -0.583. The van der Waals surface area contributed by atoms with Crippen LogP contribution in [-0.4, -0.2) is 23.9 Å². The number of rotatable bonds is 7. The van der Waals surface area contributed by atoms with E-state index in [1.54, 1.807) is 10.6 Å². The van der Waals surface area contributed by atoms with Crippen molar-refractivity contribution in [3.8, 4) is 0 Å². The molecule has 0 saturated heterocycles. The van der Waals surface area contributed by atoms with E-state index in [1.165, 1.54) is 18.2 Å². The number of nitrogens with two attached hydrogens (primary N) is 1. The number of hydrogen-bond acceptors (Lipinski definition) is 5. The maximum Gasteiger partial charge on any atom is 0.416 e. The molecule has 0 aliphatic carbocycles. The molecule has 0 atom stereocenters. The number of aryl methyl sites for hydroxylation is 1. The van der Waals surface area contributed by atoms with Crippen LogP contribution in [0.2, 0.25) is 0 Å². The number of carbonyl (C=O) groups is 1. The average molecular weight is 455 g/mol. The van der Waals surface area contributed by atoms with E-state index >= 15 is 0 Å². The zero-order valence-corrected chi connectivity index (χ0v) is 17.3. The van der Waals surface area contributed by atoms with E-state index in [0.29, 0.717) is 23.4 Å². The highest BCUT2D eigenvalue weighted by atomic mass is 32.2. The van der Waals surface area contributed by atoms with E-state index < -0.39 is 27.7 Å². The Morgan fingerprint density at radius 3 is 2.58 bits per heavy atom. The van der Waals surface area contributed by atoms with Crippen LogP contribution in [0.5, 0.6) is 0 Å². The minimum absolute atomic E-state index is 0.104. The molecule has 2 N–H and O–H groups in total. The number of sulfonamides is 1. The predicted octanol–water partition coefficient (Wildman–Crippen LogP) is 3.86. The molecule has 0 unspecified atom stereocenters. The number of fused-ring (bicyclic) bond motifs is 1. The van der Waals surface area contributed by atoms with Gasteiger partial charge in [0.15, 0.2) is 0 Å². The summed E-state index contributed by atoms with van der Waals surface area (Å²) < 4.78 is 68.8. The molecule has 0 amide bonds. The van der Waals surface area contributed by atoms with Gasteiger partial charge in [-0.25, -0.2) is 23.3 Å². The number of nitrogens with zero attached hydrogens (tertiary/aromatic N) is 2. The van der Waals surface area contributed by atoms with E-state index in [1.807, 2.05) is 6.92 Å². The molecule has 31 heavy (non-hydrogen) atoms. The summed E-state index contributed by atoms with van der Waals surface area (Å²) in [7, 11) is -3.92. The van der Waals surface area contributed by atoms with Crippen molar-refractivity contribution in [3.63, 3.8) is 0 Å². The van der Waals surface area contributed by atoms with E-state index in [9.17, 15) is 26.4 Å². The summed E-state index contributed by atoms with van der Waals surface area (Å²) in [5.41, 5.74) is -0.200. The van der Waals surface area contributed by atoms with Gasteiger partial charge in [-0.1, -0.05) is 19.4 Å². The highest BCUT2D eigenvalue weighted by molar-refractivity contribution is 7.89. The number of benzene rings is 2. The first kappa shape index (κ1) is 22.8. The maximum absolute atomic E-state index is 12.9. The van der Waals surface area contributed by atoms with Crippen molar-refractivity contribution in [2.24, 2.45) is 5.14 Å². The lowest BCUT2D eigenvalue weighted by Crippen LogP contribution is -2.12. The van der Waals surface area contributed by atoms with E-state index in [4.69, 9.17) is 9.88 Å². The van der Waals surface area contributed by atoms with Gasteiger partial charge in [0.25, 0.3) is 0 Å². The SMILES string of the molecule is CCCCn1c(COC(=O)c2cccc(C(F)(F)F)c2)nc2cc(S(N)(=O)=O)ccc21. The molecule has 3 rings (SSSR count). The van der Waals surface area contributed by atoms with Gasteiger partial charge in [-0.2, -0.15) is 13.2 Å². The van der Waals surface area contributed by atoms with Crippen molar-refractivity contribution in [1.29, 1.82) is 0 Å². The van der Waals surface area contributed by atoms with Crippen LogP contribution in [0.15, 0.2) is 47.4 Å². The van der Waals surface area contributed by atoms with Crippen molar-refractivity contribution in [2.75, 3.05) is 0 Å². The van der Waals surface area contributed by atoms with Gasteiger partial charge in [0, 0.05) is 6.54 Å². The third kappa shape index (κ3) is 5.23. The van der Waals surface area contributed by atoms with Gasteiger partial charge in [-0.15, -0.1) is 0 Å². The second kappa shape index (κ2) is 8.67. The lowest BCUT2D eigenvalue weighted by Gasteiger charge is -2.11. The molecule has 11 heteroatoms. The van der Waals surface area contributed by atoms with Gasteiger partial charge in [0.05, 0.1) is 27.1 Å². The quantitative estimate of drug-likeness (QED) is 0.545. The Bertz CT molecular complexity index is 1220. The fraction of sp³-hybridized carbons (Fsp3) is 0.300. The van der Waals surface area contributed by atoms with Gasteiger partial charge in [-0.3, -0.25) is 0 Å². The highest BCUT2D eigenvalue weighted by Crippen LogP contribution is 2.29. The Kier molecular flexibility index (Phi) is 6.37. The van der Waals surface area contributed by atoms with E-state index in [0.717, 1.165) is 31.0 Å². The molecule has 0 radical (unpaired) electrons. The number of hydrogen-bond donors (Lipinski definition) is 1. The number of ether oxygens (including phenoxy) is 1. The number of primary sulfonamides is 1. The number of aromatic nitrogens is 2. The minimum atomic E-state index is -4.58. The van der Waals surface area contributed by atoms with Gasteiger partial charge >= 0.3 is 12.1 Å². The summed E-state index contributed by atoms with van der Waals surface area (Å²) in [4.78, 5) is 16.5. The highest BCUT2D eigenvalue weighted by Gasteiger charge is 2.31. The topological polar surface area (TPSA) is 104 Å². The Labute approximate surface area is 176 Å². The van der Waals surface area contributed by atoms with Crippen molar-refractivity contribution >= 4 is 27.0 Å². The van der Waals surface area contributed by atoms with E-state index in [-0.39, 0.29) is 17.1 Å². The molecule has 0 aliphatic heterocycles. The van der Waals surface area contributed by atoms with Crippen LogP contribution in [0.4, 0.5) is 13.2 Å². The van der Waals surface area contributed by atoms with Crippen LogP contribution < -0.4 is 5.14 Å². The van der Waals surface area contributed by atoms with Crippen LogP contribution in [0.1, 0.15) is 41.5 Å². The fourth-order valence-corrected chi connectivity index (χ4v) is 3.58. The number of halogens is 3. The van der Waals surface area contributed by atoms with Crippen molar-refractivity contribution in [2.45, 2.75) is 44.0 Å². The summed E-state index contributed by atoms with van der Waals surface area (Å²) >= 11 is 0. The van der Waals surface area contributed by atoms with Crippen molar-refractivity contribution in [3.05, 3.63) is 59.4 Å². The zero-order valence-electron chi connectivity index (χ0n) is 16.5. The number of alkyl halides is 3. The van der Waals surface area contributed by atoms with Crippen LogP contribution in [0, 0.1) is 0 Å². The second-order valence-electron chi connectivity index (χ2n) is 6.88. The molecular formula is C20H20F3N3O4S. The monoisotopic (exact) mass is 455 g/mol. The van der Waals surface area contributed by atoms with Crippen LogP contribution in [0.25, 0.3) is 11.0 Å². The fourth-order valence-electron chi connectivity index (χ4n) is 3.05. The van der Waals surface area contributed by atoms with E-state index in [2.05, 4.69) is 4.98 Å². The standard InChI is InChI=1S/C20H20F3N3O4S/c1-2-3-9-26-17-8-7-15(31(24,28)29)11-16(17)25-18(26)12-30-19(27)13-5-4-6-14(10-13)20(21,22)23/h4-8,10-11H,2-3,9,12H2,1H3,(H2,24,28,29). The van der Waals surface area contributed by atoms with Crippen LogP contribution in [-0.2, 0) is 34.1 Å². The van der Waals surface area contributed by atoms with Crippen LogP contribution in [0.3, 0.4) is 0 Å². The molecule has 1 aromatic heterocycles. The van der Waals surface area contributed by atoms with Crippen molar-refractivity contribution in [1.82, 2.24) is 9.55 Å². The molecule has 2 aromatic carbocycles. The molecule has 0 saturated carbocycles. The number of unbranched alkanes of at least 4 members (excludes halogenated alkanes) is 1. The van der Waals surface area contributed by atoms with Gasteiger partial charge in [0.2, 0.25) is 10.0 Å². The number of esters is 1. The molecule has 166 valence electrons.